The Labute approximate surface area is 136 Å². The number of nitrogens with two attached hydrogens (primary N) is 1. The van der Waals surface area contributed by atoms with Crippen molar-refractivity contribution in [2.24, 2.45) is 5.73 Å². The van der Waals surface area contributed by atoms with E-state index in [4.69, 9.17) is 26.8 Å². The Morgan fingerprint density at radius 2 is 2.23 bits per heavy atom. The minimum atomic E-state index is -0.0570. The molecule has 1 fully saturated rings. The number of amides is 1. The number of hydrogen-bond donors (Lipinski definition) is 1. The van der Waals surface area contributed by atoms with Crippen molar-refractivity contribution < 1.29 is 14.3 Å². The number of likely N-dealkylation sites (tertiary alicyclic amines) is 1. The lowest BCUT2D eigenvalue weighted by atomic mass is 10.0. The fourth-order valence-electron chi connectivity index (χ4n) is 2.81. The summed E-state index contributed by atoms with van der Waals surface area (Å²) in [4.78, 5) is 14.6. The van der Waals surface area contributed by atoms with Crippen molar-refractivity contribution in [3.8, 4) is 11.5 Å². The van der Waals surface area contributed by atoms with Gasteiger partial charge < -0.3 is 20.1 Å². The molecule has 1 saturated heterocycles. The predicted octanol–water partition coefficient (Wildman–Crippen LogP) is 2.70. The van der Waals surface area contributed by atoms with Crippen LogP contribution in [0.15, 0.2) is 12.1 Å². The fraction of sp³-hybridized carbons (Fsp3) is 0.562. The second-order valence-corrected chi connectivity index (χ2v) is 5.71. The van der Waals surface area contributed by atoms with Crippen molar-refractivity contribution in [2.45, 2.75) is 32.2 Å². The first kappa shape index (κ1) is 16.9. The van der Waals surface area contributed by atoms with Gasteiger partial charge >= 0.3 is 0 Å². The van der Waals surface area contributed by atoms with Gasteiger partial charge in [-0.2, -0.15) is 0 Å². The highest BCUT2D eigenvalue weighted by atomic mass is 35.5. The van der Waals surface area contributed by atoms with Crippen LogP contribution in [0, 0.1) is 0 Å². The van der Waals surface area contributed by atoms with Crippen LogP contribution in [0.4, 0.5) is 0 Å². The topological polar surface area (TPSA) is 64.8 Å². The SMILES string of the molecule is CCOc1c(Cl)cc(C(=O)N2CCCCC2CN)cc1OC. The van der Waals surface area contributed by atoms with Gasteiger partial charge in [0, 0.05) is 24.7 Å². The maximum absolute atomic E-state index is 12.8. The number of nitrogens with zero attached hydrogens (tertiary/aromatic N) is 1. The third-order valence-corrected chi connectivity index (χ3v) is 4.21. The number of carbonyl (C=O) groups excluding carboxylic acids is 1. The molecule has 2 N–H and O–H groups in total. The van der Waals surface area contributed by atoms with E-state index in [0.29, 0.717) is 35.2 Å². The number of carbonyl (C=O) groups is 1. The zero-order chi connectivity index (χ0) is 16.1. The molecule has 1 heterocycles. The Hall–Kier alpha value is -1.46. The highest BCUT2D eigenvalue weighted by Crippen LogP contribution is 2.37. The molecular weight excluding hydrogens is 304 g/mol. The van der Waals surface area contributed by atoms with Gasteiger partial charge in [-0.25, -0.2) is 0 Å². The molecule has 0 saturated carbocycles. The monoisotopic (exact) mass is 326 g/mol. The van der Waals surface area contributed by atoms with E-state index in [2.05, 4.69) is 0 Å². The molecule has 1 aromatic carbocycles. The highest BCUT2D eigenvalue weighted by Gasteiger charge is 2.27. The molecule has 1 unspecified atom stereocenters. The maximum atomic E-state index is 12.8. The first-order valence-corrected chi connectivity index (χ1v) is 8.01. The average molecular weight is 327 g/mol. The van der Waals surface area contributed by atoms with Crippen LogP contribution in [-0.2, 0) is 0 Å². The third-order valence-electron chi connectivity index (χ3n) is 3.93. The lowest BCUT2D eigenvalue weighted by Gasteiger charge is -2.35. The molecule has 0 spiro atoms. The van der Waals surface area contributed by atoms with E-state index in [-0.39, 0.29) is 11.9 Å². The number of hydrogen-bond acceptors (Lipinski definition) is 4. The number of piperidine rings is 1. The number of halogens is 1. The summed E-state index contributed by atoms with van der Waals surface area (Å²) < 4.78 is 10.8. The molecule has 1 aromatic rings. The van der Waals surface area contributed by atoms with Crippen LogP contribution in [-0.4, -0.2) is 43.7 Å². The van der Waals surface area contributed by atoms with Gasteiger partial charge in [-0.05, 0) is 38.3 Å². The molecule has 0 aliphatic carbocycles. The second-order valence-electron chi connectivity index (χ2n) is 5.31. The molecule has 1 aliphatic rings. The molecule has 1 aliphatic heterocycles. The van der Waals surface area contributed by atoms with Crippen LogP contribution in [0.5, 0.6) is 11.5 Å². The average Bonchev–Trinajstić information content (AvgIpc) is 2.55. The van der Waals surface area contributed by atoms with Crippen molar-refractivity contribution >= 4 is 17.5 Å². The van der Waals surface area contributed by atoms with E-state index >= 15 is 0 Å². The van der Waals surface area contributed by atoms with Crippen molar-refractivity contribution in [3.05, 3.63) is 22.7 Å². The van der Waals surface area contributed by atoms with Crippen LogP contribution >= 0.6 is 11.6 Å². The molecule has 6 heteroatoms. The fourth-order valence-corrected chi connectivity index (χ4v) is 3.07. The lowest BCUT2D eigenvalue weighted by molar-refractivity contribution is 0.0623. The summed E-state index contributed by atoms with van der Waals surface area (Å²) in [6.45, 7) is 3.56. The number of benzene rings is 1. The smallest absolute Gasteiger partial charge is 0.254 e. The first-order chi connectivity index (χ1) is 10.6. The Balaban J connectivity index is 2.31. The van der Waals surface area contributed by atoms with Crippen molar-refractivity contribution in [1.82, 2.24) is 4.90 Å². The Bertz CT molecular complexity index is 536. The summed E-state index contributed by atoms with van der Waals surface area (Å²) in [5, 5.41) is 0.380. The minimum Gasteiger partial charge on any atom is -0.493 e. The number of methoxy groups -OCH3 is 1. The summed E-state index contributed by atoms with van der Waals surface area (Å²) in [7, 11) is 1.53. The Kier molecular flexibility index (Phi) is 5.91. The van der Waals surface area contributed by atoms with E-state index < -0.39 is 0 Å². The molecular formula is C16H23ClN2O3. The van der Waals surface area contributed by atoms with Gasteiger partial charge in [-0.15, -0.1) is 0 Å². The van der Waals surface area contributed by atoms with Crippen LogP contribution in [0.2, 0.25) is 5.02 Å². The summed E-state index contributed by atoms with van der Waals surface area (Å²) in [5.74, 6) is 0.884. The van der Waals surface area contributed by atoms with Crippen LogP contribution < -0.4 is 15.2 Å². The Morgan fingerprint density at radius 3 is 2.86 bits per heavy atom. The lowest BCUT2D eigenvalue weighted by Crippen LogP contribution is -2.47. The minimum absolute atomic E-state index is 0.0570. The third kappa shape index (κ3) is 3.47. The molecule has 0 aromatic heterocycles. The molecule has 2 rings (SSSR count). The van der Waals surface area contributed by atoms with E-state index in [0.717, 1.165) is 25.8 Å². The van der Waals surface area contributed by atoms with E-state index in [1.165, 1.54) is 7.11 Å². The van der Waals surface area contributed by atoms with Gasteiger partial charge in [0.05, 0.1) is 18.7 Å². The summed E-state index contributed by atoms with van der Waals surface area (Å²) in [6.07, 6.45) is 3.06. The molecule has 1 atom stereocenters. The van der Waals surface area contributed by atoms with Gasteiger partial charge in [0.25, 0.3) is 5.91 Å². The molecule has 122 valence electrons. The van der Waals surface area contributed by atoms with Crippen molar-refractivity contribution in [2.75, 3.05) is 26.8 Å². The van der Waals surface area contributed by atoms with Gasteiger partial charge in [-0.3, -0.25) is 4.79 Å². The van der Waals surface area contributed by atoms with Gasteiger partial charge in [0.2, 0.25) is 0 Å². The van der Waals surface area contributed by atoms with E-state index in [9.17, 15) is 4.79 Å². The molecule has 0 bridgehead atoms. The van der Waals surface area contributed by atoms with Crippen molar-refractivity contribution in [1.29, 1.82) is 0 Å². The number of ether oxygens (including phenoxy) is 2. The summed E-state index contributed by atoms with van der Waals surface area (Å²) in [5.41, 5.74) is 6.30. The summed E-state index contributed by atoms with van der Waals surface area (Å²) in [6, 6.07) is 3.42. The standard InChI is InChI=1S/C16H23ClN2O3/c1-3-22-15-13(17)8-11(9-14(15)21-2)16(20)19-7-5-4-6-12(19)10-18/h8-9,12H,3-7,10,18H2,1-2H3. The van der Waals surface area contributed by atoms with Gasteiger partial charge in [0.15, 0.2) is 11.5 Å². The predicted molar refractivity (Wildman–Crippen MR) is 86.9 cm³/mol. The van der Waals surface area contributed by atoms with E-state index in [1.54, 1.807) is 12.1 Å². The first-order valence-electron chi connectivity index (χ1n) is 7.63. The normalized spacial score (nSPS) is 18.2. The number of rotatable bonds is 5. The maximum Gasteiger partial charge on any atom is 0.254 e. The molecule has 5 nitrogen and oxygen atoms in total. The second kappa shape index (κ2) is 7.70. The quantitative estimate of drug-likeness (QED) is 0.903. The molecule has 22 heavy (non-hydrogen) atoms. The van der Waals surface area contributed by atoms with Crippen LogP contribution in [0.1, 0.15) is 36.5 Å². The van der Waals surface area contributed by atoms with Gasteiger partial charge in [-0.1, -0.05) is 11.6 Å². The zero-order valence-corrected chi connectivity index (χ0v) is 13.9. The largest absolute Gasteiger partial charge is 0.493 e. The van der Waals surface area contributed by atoms with Crippen LogP contribution in [0.3, 0.4) is 0 Å². The molecule has 1 amide bonds. The zero-order valence-electron chi connectivity index (χ0n) is 13.1. The highest BCUT2D eigenvalue weighted by molar-refractivity contribution is 6.32. The molecule has 0 radical (unpaired) electrons. The van der Waals surface area contributed by atoms with Gasteiger partial charge in [0.1, 0.15) is 0 Å². The van der Waals surface area contributed by atoms with E-state index in [1.807, 2.05) is 11.8 Å². The summed E-state index contributed by atoms with van der Waals surface area (Å²) >= 11 is 6.24. The van der Waals surface area contributed by atoms with Crippen LogP contribution in [0.25, 0.3) is 0 Å². The Morgan fingerprint density at radius 1 is 1.45 bits per heavy atom. The van der Waals surface area contributed by atoms with Crippen molar-refractivity contribution in [3.63, 3.8) is 0 Å².